The van der Waals surface area contributed by atoms with Crippen molar-refractivity contribution in [2.75, 3.05) is 5.73 Å². The Kier molecular flexibility index (Phi) is 4.07. The van der Waals surface area contributed by atoms with Gasteiger partial charge >= 0.3 is 0 Å². The van der Waals surface area contributed by atoms with Gasteiger partial charge in [-0.15, -0.1) is 5.10 Å². The lowest BCUT2D eigenvalue weighted by molar-refractivity contribution is 0.482. The molecule has 0 fully saturated rings. The van der Waals surface area contributed by atoms with E-state index in [0.29, 0.717) is 11.1 Å². The fraction of sp³-hybridized carbons (Fsp3) is 0.0667. The zero-order chi connectivity index (χ0) is 14.5. The number of para-hydroxylation sites is 1. The van der Waals surface area contributed by atoms with Gasteiger partial charge in [-0.3, -0.25) is 0 Å². The number of aromatic nitrogens is 3. The molecule has 3 N–H and O–H groups in total. The molecule has 1 aromatic heterocycles. The van der Waals surface area contributed by atoms with E-state index in [1.165, 1.54) is 11.8 Å². The van der Waals surface area contributed by atoms with E-state index in [4.69, 9.17) is 10.5 Å². The van der Waals surface area contributed by atoms with Crippen LogP contribution >= 0.6 is 11.8 Å². The third-order valence-electron chi connectivity index (χ3n) is 2.73. The van der Waals surface area contributed by atoms with Crippen molar-refractivity contribution in [2.24, 2.45) is 0 Å². The molecule has 0 amide bonds. The maximum Gasteiger partial charge on any atom is 0.216 e. The molecule has 106 valence electrons. The Morgan fingerprint density at radius 2 is 1.86 bits per heavy atom. The van der Waals surface area contributed by atoms with Crippen LogP contribution in [0.5, 0.6) is 11.5 Å². The first-order valence-electron chi connectivity index (χ1n) is 6.42. The highest BCUT2D eigenvalue weighted by atomic mass is 32.2. The van der Waals surface area contributed by atoms with Gasteiger partial charge in [-0.25, -0.2) is 5.10 Å². The lowest BCUT2D eigenvalue weighted by Crippen LogP contribution is -1.87. The minimum absolute atomic E-state index is 0.332. The molecule has 0 unspecified atom stereocenters. The lowest BCUT2D eigenvalue weighted by Gasteiger charge is -2.07. The van der Waals surface area contributed by atoms with Gasteiger partial charge in [-0.1, -0.05) is 42.1 Å². The number of nitrogen functional groups attached to an aromatic ring is 1. The first-order chi connectivity index (χ1) is 10.3. The average molecular weight is 298 g/mol. The van der Waals surface area contributed by atoms with E-state index in [2.05, 4.69) is 15.2 Å². The topological polar surface area (TPSA) is 76.8 Å². The maximum atomic E-state index is 5.81. The van der Waals surface area contributed by atoms with Gasteiger partial charge in [0.2, 0.25) is 11.1 Å². The maximum absolute atomic E-state index is 5.81. The van der Waals surface area contributed by atoms with Gasteiger partial charge in [0.1, 0.15) is 11.5 Å². The molecule has 3 rings (SSSR count). The Bertz CT molecular complexity index is 714. The highest BCUT2D eigenvalue weighted by Crippen LogP contribution is 2.25. The number of anilines is 1. The molecule has 1 heterocycles. The van der Waals surface area contributed by atoms with Crippen molar-refractivity contribution in [1.82, 2.24) is 15.2 Å². The van der Waals surface area contributed by atoms with Gasteiger partial charge in [0.05, 0.1) is 0 Å². The van der Waals surface area contributed by atoms with Crippen molar-refractivity contribution in [3.8, 4) is 11.5 Å². The molecule has 2 aromatic carbocycles. The van der Waals surface area contributed by atoms with Crippen molar-refractivity contribution in [3.63, 3.8) is 0 Å². The normalized spacial score (nSPS) is 10.5. The molecular formula is C15H14N4OS. The predicted octanol–water partition coefficient (Wildman–Crippen LogP) is 3.47. The molecule has 0 atom stereocenters. The van der Waals surface area contributed by atoms with Crippen LogP contribution in [-0.2, 0) is 5.75 Å². The van der Waals surface area contributed by atoms with Gasteiger partial charge in [-0.05, 0) is 29.8 Å². The van der Waals surface area contributed by atoms with E-state index < -0.39 is 0 Å². The molecule has 0 bridgehead atoms. The van der Waals surface area contributed by atoms with Crippen molar-refractivity contribution in [2.45, 2.75) is 10.9 Å². The number of ether oxygens (including phenoxy) is 1. The summed E-state index contributed by atoms with van der Waals surface area (Å²) in [7, 11) is 0. The minimum Gasteiger partial charge on any atom is -0.457 e. The number of nitrogens with one attached hydrogen (secondary N) is 1. The first kappa shape index (κ1) is 13.5. The Morgan fingerprint density at radius 1 is 1.05 bits per heavy atom. The summed E-state index contributed by atoms with van der Waals surface area (Å²) < 4.78 is 5.81. The van der Waals surface area contributed by atoms with Crippen molar-refractivity contribution < 1.29 is 4.74 Å². The smallest absolute Gasteiger partial charge is 0.216 e. The van der Waals surface area contributed by atoms with Crippen LogP contribution in [0.25, 0.3) is 0 Å². The van der Waals surface area contributed by atoms with Crippen LogP contribution < -0.4 is 10.5 Å². The van der Waals surface area contributed by atoms with Gasteiger partial charge < -0.3 is 10.5 Å². The second kappa shape index (κ2) is 6.32. The zero-order valence-corrected chi connectivity index (χ0v) is 12.0. The predicted molar refractivity (Wildman–Crippen MR) is 83.3 cm³/mol. The van der Waals surface area contributed by atoms with E-state index >= 15 is 0 Å². The van der Waals surface area contributed by atoms with Crippen LogP contribution in [0.15, 0.2) is 59.8 Å². The van der Waals surface area contributed by atoms with Gasteiger partial charge in [0.15, 0.2) is 0 Å². The number of hydrogen-bond acceptors (Lipinski definition) is 5. The molecule has 3 aromatic rings. The number of benzene rings is 2. The number of nitrogens with two attached hydrogens (primary N) is 1. The molecule has 0 radical (unpaired) electrons. The fourth-order valence-corrected chi connectivity index (χ4v) is 2.54. The van der Waals surface area contributed by atoms with Crippen molar-refractivity contribution >= 4 is 17.7 Å². The molecule has 0 spiro atoms. The van der Waals surface area contributed by atoms with E-state index in [9.17, 15) is 0 Å². The molecule has 0 aliphatic rings. The second-order valence-corrected chi connectivity index (χ2v) is 5.30. The third-order valence-corrected chi connectivity index (χ3v) is 3.65. The minimum atomic E-state index is 0.332. The van der Waals surface area contributed by atoms with Crippen molar-refractivity contribution in [1.29, 1.82) is 0 Å². The quantitative estimate of drug-likeness (QED) is 0.705. The monoisotopic (exact) mass is 298 g/mol. The molecule has 21 heavy (non-hydrogen) atoms. The summed E-state index contributed by atoms with van der Waals surface area (Å²) in [5.74, 6) is 2.72. The van der Waals surface area contributed by atoms with Crippen LogP contribution in [0.3, 0.4) is 0 Å². The molecule has 6 heteroatoms. The summed E-state index contributed by atoms with van der Waals surface area (Å²) in [4.78, 5) is 4.06. The number of aromatic amines is 1. The third kappa shape index (κ3) is 3.76. The number of hydrogen-bond donors (Lipinski definition) is 2. The van der Waals surface area contributed by atoms with Gasteiger partial charge in [0, 0.05) is 5.75 Å². The number of thioether (sulfide) groups is 1. The summed E-state index contributed by atoms with van der Waals surface area (Å²) in [6.45, 7) is 0. The molecule has 0 saturated heterocycles. The van der Waals surface area contributed by atoms with E-state index in [1.807, 2.05) is 54.6 Å². The first-order valence-corrected chi connectivity index (χ1v) is 7.41. The average Bonchev–Trinajstić information content (AvgIpc) is 2.92. The summed E-state index contributed by atoms with van der Waals surface area (Å²) in [6, 6.07) is 17.7. The SMILES string of the molecule is Nc1nc(SCc2cccc(Oc3ccccc3)c2)n[nH]1. The van der Waals surface area contributed by atoms with E-state index in [-0.39, 0.29) is 0 Å². The van der Waals surface area contributed by atoms with Gasteiger partial charge in [-0.2, -0.15) is 4.98 Å². The number of H-pyrrole nitrogens is 1. The fourth-order valence-electron chi connectivity index (χ4n) is 1.79. The number of nitrogens with zero attached hydrogens (tertiary/aromatic N) is 2. The Balaban J connectivity index is 1.65. The highest BCUT2D eigenvalue weighted by Gasteiger charge is 2.03. The summed E-state index contributed by atoms with van der Waals surface area (Å²) in [5.41, 5.74) is 6.63. The van der Waals surface area contributed by atoms with Gasteiger partial charge in [0.25, 0.3) is 0 Å². The largest absolute Gasteiger partial charge is 0.457 e. The van der Waals surface area contributed by atoms with Crippen molar-refractivity contribution in [3.05, 3.63) is 60.2 Å². The second-order valence-electron chi connectivity index (χ2n) is 4.35. The van der Waals surface area contributed by atoms with Crippen LogP contribution in [0.4, 0.5) is 5.95 Å². The highest BCUT2D eigenvalue weighted by molar-refractivity contribution is 7.98. The molecule has 0 aliphatic heterocycles. The Labute approximate surface area is 126 Å². The Hall–Kier alpha value is -2.47. The molecule has 0 aliphatic carbocycles. The standard InChI is InChI=1S/C15H14N4OS/c16-14-17-15(19-18-14)21-10-11-5-4-8-13(9-11)20-12-6-2-1-3-7-12/h1-9H,10H2,(H3,16,17,18,19). The molecule has 5 nitrogen and oxygen atoms in total. The summed E-state index contributed by atoms with van der Waals surface area (Å²) in [5, 5.41) is 7.25. The molecular weight excluding hydrogens is 284 g/mol. The summed E-state index contributed by atoms with van der Waals surface area (Å²) >= 11 is 1.52. The zero-order valence-electron chi connectivity index (χ0n) is 11.2. The van der Waals surface area contributed by atoms with Crippen LogP contribution in [0.1, 0.15) is 5.56 Å². The van der Waals surface area contributed by atoms with Crippen LogP contribution in [-0.4, -0.2) is 15.2 Å². The van der Waals surface area contributed by atoms with Crippen LogP contribution in [0, 0.1) is 0 Å². The van der Waals surface area contributed by atoms with Crippen LogP contribution in [0.2, 0.25) is 0 Å². The van der Waals surface area contributed by atoms with E-state index in [1.54, 1.807) is 0 Å². The lowest BCUT2D eigenvalue weighted by atomic mass is 10.2. The molecule has 0 saturated carbocycles. The Morgan fingerprint density at radius 3 is 2.62 bits per heavy atom. The van der Waals surface area contributed by atoms with E-state index in [0.717, 1.165) is 22.8 Å². The number of rotatable bonds is 5. The summed E-state index contributed by atoms with van der Waals surface area (Å²) in [6.07, 6.45) is 0.